The lowest BCUT2D eigenvalue weighted by Gasteiger charge is -2.55. The fourth-order valence-electron chi connectivity index (χ4n) is 5.65. The molecule has 0 spiro atoms. The molecule has 4 nitrogen and oxygen atoms in total. The highest BCUT2D eigenvalue weighted by atomic mass is 16.5. The quantitative estimate of drug-likeness (QED) is 0.795. The van der Waals surface area contributed by atoms with Crippen molar-refractivity contribution in [1.82, 2.24) is 5.32 Å². The van der Waals surface area contributed by atoms with E-state index in [4.69, 9.17) is 4.74 Å². The van der Waals surface area contributed by atoms with Gasteiger partial charge < -0.3 is 10.1 Å². The third-order valence-electron chi connectivity index (χ3n) is 6.52. The van der Waals surface area contributed by atoms with E-state index >= 15 is 0 Å². The van der Waals surface area contributed by atoms with Crippen molar-refractivity contribution in [2.75, 3.05) is 6.61 Å². The van der Waals surface area contributed by atoms with E-state index in [1.807, 2.05) is 6.92 Å². The van der Waals surface area contributed by atoms with Crippen molar-refractivity contribution >= 4 is 11.9 Å². The highest BCUT2D eigenvalue weighted by molar-refractivity contribution is 5.83. The summed E-state index contributed by atoms with van der Waals surface area (Å²) in [6.45, 7) is 1.94. The maximum atomic E-state index is 12.6. The molecule has 0 radical (unpaired) electrons. The van der Waals surface area contributed by atoms with Gasteiger partial charge in [-0.3, -0.25) is 9.59 Å². The molecule has 4 heteroatoms. The normalized spacial score (nSPS) is 40.3. The molecule has 5 aliphatic carbocycles. The molecule has 122 valence electrons. The topological polar surface area (TPSA) is 55.4 Å². The van der Waals surface area contributed by atoms with Crippen molar-refractivity contribution in [3.05, 3.63) is 0 Å². The minimum Gasteiger partial charge on any atom is -0.455 e. The second-order valence-electron chi connectivity index (χ2n) is 8.47. The van der Waals surface area contributed by atoms with Crippen molar-refractivity contribution in [2.24, 2.45) is 29.1 Å². The molecule has 0 saturated heterocycles. The summed E-state index contributed by atoms with van der Waals surface area (Å²) in [7, 11) is 0. The lowest BCUT2D eigenvalue weighted by atomic mass is 9.49. The van der Waals surface area contributed by atoms with Gasteiger partial charge in [0, 0.05) is 6.04 Å². The number of nitrogens with one attached hydrogen (secondary N) is 1. The summed E-state index contributed by atoms with van der Waals surface area (Å²) < 4.78 is 5.44. The molecular formula is C18H27NO3. The van der Waals surface area contributed by atoms with E-state index in [-0.39, 0.29) is 29.9 Å². The third-order valence-corrected chi connectivity index (χ3v) is 6.52. The van der Waals surface area contributed by atoms with Gasteiger partial charge in [0.1, 0.15) is 0 Å². The first-order chi connectivity index (χ1) is 10.5. The van der Waals surface area contributed by atoms with Crippen molar-refractivity contribution in [1.29, 1.82) is 0 Å². The first-order valence-corrected chi connectivity index (χ1v) is 9.01. The molecule has 0 aromatic carbocycles. The standard InChI is InChI=1S/C18H27NO3/c1-11(15-2-3-15)19-16(20)10-22-17(21)18-7-12-4-13(8-18)6-14(5-12)9-18/h11-15H,2-10H2,1H3,(H,19,20)/t11-,12?,13?,14?,18?/m0/s1. The molecule has 0 aliphatic heterocycles. The highest BCUT2D eigenvalue weighted by Gasteiger charge is 2.55. The predicted molar refractivity (Wildman–Crippen MR) is 81.9 cm³/mol. The summed E-state index contributed by atoms with van der Waals surface area (Å²) in [6, 6.07) is 0.214. The summed E-state index contributed by atoms with van der Waals surface area (Å²) in [5.41, 5.74) is -0.253. The van der Waals surface area contributed by atoms with E-state index in [1.54, 1.807) is 0 Å². The zero-order valence-corrected chi connectivity index (χ0v) is 13.5. The SMILES string of the molecule is C[C@H](NC(=O)COC(=O)C12CC3CC(CC(C3)C1)C2)C1CC1. The van der Waals surface area contributed by atoms with Crippen LogP contribution >= 0.6 is 0 Å². The summed E-state index contributed by atoms with van der Waals surface area (Å²) in [5, 5.41) is 2.95. The Morgan fingerprint density at radius 1 is 1.09 bits per heavy atom. The number of rotatable bonds is 5. The van der Waals surface area contributed by atoms with Crippen LogP contribution in [0.3, 0.4) is 0 Å². The van der Waals surface area contributed by atoms with E-state index in [9.17, 15) is 9.59 Å². The van der Waals surface area contributed by atoms with Gasteiger partial charge in [-0.25, -0.2) is 0 Å². The Kier molecular flexibility index (Phi) is 3.46. The van der Waals surface area contributed by atoms with Gasteiger partial charge in [-0.2, -0.15) is 0 Å². The van der Waals surface area contributed by atoms with Crippen LogP contribution in [0.5, 0.6) is 0 Å². The van der Waals surface area contributed by atoms with Crippen LogP contribution in [-0.2, 0) is 14.3 Å². The molecule has 0 unspecified atom stereocenters. The Morgan fingerprint density at radius 2 is 1.64 bits per heavy atom. The Morgan fingerprint density at radius 3 is 2.14 bits per heavy atom. The lowest BCUT2D eigenvalue weighted by molar-refractivity contribution is -0.173. The van der Waals surface area contributed by atoms with Crippen molar-refractivity contribution in [3.63, 3.8) is 0 Å². The van der Waals surface area contributed by atoms with E-state index in [0.29, 0.717) is 5.92 Å². The number of carbonyl (C=O) groups excluding carboxylic acids is 2. The minimum absolute atomic E-state index is 0.0965. The van der Waals surface area contributed by atoms with Gasteiger partial charge in [-0.15, -0.1) is 0 Å². The largest absolute Gasteiger partial charge is 0.455 e. The second kappa shape index (κ2) is 5.24. The van der Waals surface area contributed by atoms with E-state index in [2.05, 4.69) is 5.32 Å². The average molecular weight is 305 g/mol. The van der Waals surface area contributed by atoms with Crippen LogP contribution in [0.1, 0.15) is 58.3 Å². The third kappa shape index (κ3) is 2.65. The van der Waals surface area contributed by atoms with E-state index in [1.165, 1.54) is 32.1 Å². The number of ether oxygens (including phenoxy) is 1. The number of amides is 1. The smallest absolute Gasteiger partial charge is 0.312 e. The summed E-state index contributed by atoms with van der Waals surface area (Å²) in [5.74, 6) is 2.56. The summed E-state index contributed by atoms with van der Waals surface area (Å²) in [4.78, 5) is 24.6. The van der Waals surface area contributed by atoms with Crippen molar-refractivity contribution < 1.29 is 14.3 Å². The monoisotopic (exact) mass is 305 g/mol. The lowest BCUT2D eigenvalue weighted by Crippen LogP contribution is -2.51. The molecule has 4 bridgehead atoms. The Hall–Kier alpha value is -1.06. The van der Waals surface area contributed by atoms with Crippen LogP contribution < -0.4 is 5.32 Å². The van der Waals surface area contributed by atoms with Gasteiger partial charge in [0.05, 0.1) is 5.41 Å². The molecule has 0 aromatic rings. The molecule has 22 heavy (non-hydrogen) atoms. The second-order valence-corrected chi connectivity index (χ2v) is 8.47. The fraction of sp³-hybridized carbons (Fsp3) is 0.889. The van der Waals surface area contributed by atoms with Crippen molar-refractivity contribution in [2.45, 2.75) is 64.3 Å². The van der Waals surface area contributed by atoms with Crippen LogP contribution in [0.25, 0.3) is 0 Å². The zero-order valence-electron chi connectivity index (χ0n) is 13.5. The summed E-state index contributed by atoms with van der Waals surface area (Å²) in [6.07, 6.45) is 9.33. The first-order valence-electron chi connectivity index (χ1n) is 9.01. The fourth-order valence-corrected chi connectivity index (χ4v) is 5.65. The van der Waals surface area contributed by atoms with Crippen LogP contribution in [0.4, 0.5) is 0 Å². The number of hydrogen-bond donors (Lipinski definition) is 1. The Labute approximate surface area is 132 Å². The molecule has 5 aliphatic rings. The molecule has 1 N–H and O–H groups in total. The van der Waals surface area contributed by atoms with E-state index in [0.717, 1.165) is 37.0 Å². The first kappa shape index (κ1) is 14.5. The average Bonchev–Trinajstić information content (AvgIpc) is 3.27. The van der Waals surface area contributed by atoms with Gasteiger partial charge in [0.25, 0.3) is 5.91 Å². The maximum absolute atomic E-state index is 12.6. The van der Waals surface area contributed by atoms with Crippen LogP contribution in [-0.4, -0.2) is 24.5 Å². The maximum Gasteiger partial charge on any atom is 0.312 e. The van der Waals surface area contributed by atoms with Gasteiger partial charge >= 0.3 is 5.97 Å². The molecule has 5 rings (SSSR count). The van der Waals surface area contributed by atoms with Gasteiger partial charge in [0.15, 0.2) is 6.61 Å². The van der Waals surface area contributed by atoms with Crippen LogP contribution in [0.2, 0.25) is 0 Å². The molecule has 1 atom stereocenters. The van der Waals surface area contributed by atoms with Crippen molar-refractivity contribution in [3.8, 4) is 0 Å². The van der Waals surface area contributed by atoms with Crippen LogP contribution in [0, 0.1) is 29.1 Å². The predicted octanol–water partition coefficient (Wildman–Crippen LogP) is 2.66. The van der Waals surface area contributed by atoms with Gasteiger partial charge in [0.2, 0.25) is 0 Å². The molecular weight excluding hydrogens is 278 g/mol. The van der Waals surface area contributed by atoms with Gasteiger partial charge in [-0.05, 0) is 82.0 Å². The van der Waals surface area contributed by atoms with Crippen LogP contribution in [0.15, 0.2) is 0 Å². The zero-order chi connectivity index (χ0) is 15.3. The molecule has 0 heterocycles. The minimum atomic E-state index is -0.253. The highest BCUT2D eigenvalue weighted by Crippen LogP contribution is 2.60. The van der Waals surface area contributed by atoms with Gasteiger partial charge in [-0.1, -0.05) is 0 Å². The number of esters is 1. The molecule has 0 aromatic heterocycles. The Balaban J connectivity index is 1.31. The Bertz CT molecular complexity index is 447. The number of hydrogen-bond acceptors (Lipinski definition) is 3. The molecule has 5 saturated carbocycles. The summed E-state index contributed by atoms with van der Waals surface area (Å²) >= 11 is 0. The van der Waals surface area contributed by atoms with E-state index < -0.39 is 0 Å². The number of carbonyl (C=O) groups is 2. The molecule has 1 amide bonds. The molecule has 5 fully saturated rings.